The van der Waals surface area contributed by atoms with E-state index in [4.69, 9.17) is 9.47 Å². The highest BCUT2D eigenvalue weighted by atomic mass is 16.6. The second-order valence-electron chi connectivity index (χ2n) is 5.95. The largest absolute Gasteiger partial charge is 0.460 e. The zero-order valence-electron chi connectivity index (χ0n) is 12.2. The van der Waals surface area contributed by atoms with Gasteiger partial charge in [0.2, 0.25) is 5.91 Å². The van der Waals surface area contributed by atoms with Crippen molar-refractivity contribution in [1.82, 2.24) is 5.32 Å². The van der Waals surface area contributed by atoms with E-state index in [-0.39, 0.29) is 24.7 Å². The predicted octanol–water partition coefficient (Wildman–Crippen LogP) is 1.65. The van der Waals surface area contributed by atoms with Gasteiger partial charge < -0.3 is 14.8 Å². The summed E-state index contributed by atoms with van der Waals surface area (Å²) >= 11 is 0. The van der Waals surface area contributed by atoms with Crippen molar-refractivity contribution in [3.8, 4) is 0 Å². The van der Waals surface area contributed by atoms with Crippen LogP contribution in [0, 0.1) is 5.92 Å². The van der Waals surface area contributed by atoms with Crippen molar-refractivity contribution in [1.29, 1.82) is 0 Å². The molecule has 0 unspecified atom stereocenters. The molecule has 110 valence electrons. The molecule has 0 radical (unpaired) electrons. The van der Waals surface area contributed by atoms with E-state index in [0.29, 0.717) is 12.5 Å². The van der Waals surface area contributed by atoms with E-state index in [0.717, 1.165) is 26.1 Å². The molecule has 1 aliphatic rings. The number of esters is 1. The Hall–Kier alpha value is -1.10. The second-order valence-corrected chi connectivity index (χ2v) is 5.95. The maximum absolute atomic E-state index is 11.6. The number of nitrogens with one attached hydrogen (secondary N) is 1. The average Bonchev–Trinajstić information content (AvgIpc) is 2.33. The van der Waals surface area contributed by atoms with E-state index in [2.05, 4.69) is 5.32 Å². The van der Waals surface area contributed by atoms with E-state index < -0.39 is 5.60 Å². The van der Waals surface area contributed by atoms with Crippen LogP contribution in [0.3, 0.4) is 0 Å². The standard InChI is InChI=1S/C14H25NO4/c1-14(2,3)19-13(17)5-4-12(16)15-10-11-6-8-18-9-7-11/h11H,4-10H2,1-3H3,(H,15,16). The number of ether oxygens (including phenoxy) is 2. The fourth-order valence-corrected chi connectivity index (χ4v) is 1.91. The zero-order valence-corrected chi connectivity index (χ0v) is 12.2. The van der Waals surface area contributed by atoms with Crippen LogP contribution in [-0.4, -0.2) is 37.2 Å². The van der Waals surface area contributed by atoms with Crippen molar-refractivity contribution in [3.05, 3.63) is 0 Å². The molecule has 5 nitrogen and oxygen atoms in total. The first-order valence-corrected chi connectivity index (χ1v) is 6.93. The minimum atomic E-state index is -0.490. The highest BCUT2D eigenvalue weighted by molar-refractivity contribution is 5.81. The maximum Gasteiger partial charge on any atom is 0.306 e. The van der Waals surface area contributed by atoms with Crippen molar-refractivity contribution >= 4 is 11.9 Å². The molecule has 0 aromatic heterocycles. The highest BCUT2D eigenvalue weighted by Crippen LogP contribution is 2.13. The third kappa shape index (κ3) is 7.82. The SMILES string of the molecule is CC(C)(C)OC(=O)CCC(=O)NCC1CCOCC1. The van der Waals surface area contributed by atoms with E-state index in [1.807, 2.05) is 20.8 Å². The number of rotatable bonds is 5. The number of carbonyl (C=O) groups excluding carboxylic acids is 2. The first kappa shape index (κ1) is 16.0. The quantitative estimate of drug-likeness (QED) is 0.772. The van der Waals surface area contributed by atoms with Crippen molar-refractivity contribution < 1.29 is 19.1 Å². The second kappa shape index (κ2) is 7.48. The Bertz CT molecular complexity index is 303. The molecule has 5 heteroatoms. The van der Waals surface area contributed by atoms with Gasteiger partial charge in [-0.2, -0.15) is 0 Å². The summed E-state index contributed by atoms with van der Waals surface area (Å²) in [6.07, 6.45) is 2.31. The van der Waals surface area contributed by atoms with Crippen molar-refractivity contribution in [2.24, 2.45) is 5.92 Å². The van der Waals surface area contributed by atoms with Crippen LogP contribution < -0.4 is 5.32 Å². The van der Waals surface area contributed by atoms with Crippen LogP contribution in [-0.2, 0) is 19.1 Å². The first-order valence-electron chi connectivity index (χ1n) is 6.93. The minimum absolute atomic E-state index is 0.0858. The average molecular weight is 271 g/mol. The molecule has 1 saturated heterocycles. The zero-order chi connectivity index (χ0) is 14.3. The Morgan fingerprint density at radius 1 is 1.21 bits per heavy atom. The van der Waals surface area contributed by atoms with Gasteiger partial charge in [-0.25, -0.2) is 0 Å². The normalized spacial score (nSPS) is 17.0. The third-order valence-electron chi connectivity index (χ3n) is 2.90. The van der Waals surface area contributed by atoms with Crippen molar-refractivity contribution in [2.75, 3.05) is 19.8 Å². The molecule has 0 spiro atoms. The maximum atomic E-state index is 11.6. The van der Waals surface area contributed by atoms with Gasteiger partial charge in [0.1, 0.15) is 5.60 Å². The molecular weight excluding hydrogens is 246 g/mol. The Balaban J connectivity index is 2.12. The lowest BCUT2D eigenvalue weighted by molar-refractivity contribution is -0.155. The lowest BCUT2D eigenvalue weighted by Gasteiger charge is -2.22. The molecule has 1 N–H and O–H groups in total. The van der Waals surface area contributed by atoms with Crippen LogP contribution >= 0.6 is 0 Å². The molecule has 1 heterocycles. The summed E-state index contributed by atoms with van der Waals surface area (Å²) in [5.74, 6) is 0.0882. The van der Waals surface area contributed by atoms with Gasteiger partial charge in [-0.1, -0.05) is 0 Å². The minimum Gasteiger partial charge on any atom is -0.460 e. The van der Waals surface area contributed by atoms with Crippen LogP contribution in [0.5, 0.6) is 0 Å². The molecule has 0 atom stereocenters. The molecule has 19 heavy (non-hydrogen) atoms. The van der Waals surface area contributed by atoms with Gasteiger partial charge in [0.15, 0.2) is 0 Å². The number of carbonyl (C=O) groups is 2. The number of amides is 1. The first-order chi connectivity index (χ1) is 8.87. The molecule has 0 saturated carbocycles. The van der Waals surface area contributed by atoms with Crippen LogP contribution in [0.2, 0.25) is 0 Å². The number of hydrogen-bond acceptors (Lipinski definition) is 4. The van der Waals surface area contributed by atoms with Gasteiger partial charge in [-0.3, -0.25) is 9.59 Å². The molecule has 1 fully saturated rings. The molecule has 1 aliphatic heterocycles. The predicted molar refractivity (Wildman–Crippen MR) is 71.6 cm³/mol. The van der Waals surface area contributed by atoms with Gasteiger partial charge in [0, 0.05) is 26.2 Å². The molecule has 1 rings (SSSR count). The summed E-state index contributed by atoms with van der Waals surface area (Å²) in [7, 11) is 0. The lowest BCUT2D eigenvalue weighted by atomic mass is 10.0. The molecule has 1 amide bonds. The summed E-state index contributed by atoms with van der Waals surface area (Å²) in [5, 5.41) is 2.87. The van der Waals surface area contributed by atoms with Crippen LogP contribution in [0.4, 0.5) is 0 Å². The van der Waals surface area contributed by atoms with Gasteiger partial charge in [0.05, 0.1) is 6.42 Å². The lowest BCUT2D eigenvalue weighted by Crippen LogP contribution is -2.32. The third-order valence-corrected chi connectivity index (χ3v) is 2.90. The topological polar surface area (TPSA) is 64.6 Å². The molecule has 0 aromatic carbocycles. The fourth-order valence-electron chi connectivity index (χ4n) is 1.91. The van der Waals surface area contributed by atoms with Crippen LogP contribution in [0.1, 0.15) is 46.5 Å². The summed E-state index contributed by atoms with van der Waals surface area (Å²) in [4.78, 5) is 23.1. The smallest absolute Gasteiger partial charge is 0.306 e. The Labute approximate surface area is 115 Å². The van der Waals surface area contributed by atoms with E-state index in [9.17, 15) is 9.59 Å². The van der Waals surface area contributed by atoms with Gasteiger partial charge >= 0.3 is 5.97 Å². The molecule has 0 bridgehead atoms. The molecular formula is C14H25NO4. The fraction of sp³-hybridized carbons (Fsp3) is 0.857. The highest BCUT2D eigenvalue weighted by Gasteiger charge is 2.18. The monoisotopic (exact) mass is 271 g/mol. The van der Waals surface area contributed by atoms with Gasteiger partial charge in [-0.05, 0) is 39.5 Å². The summed E-state index contributed by atoms with van der Waals surface area (Å²) in [5.41, 5.74) is -0.490. The van der Waals surface area contributed by atoms with Crippen LogP contribution in [0.25, 0.3) is 0 Å². The van der Waals surface area contributed by atoms with Crippen LogP contribution in [0.15, 0.2) is 0 Å². The van der Waals surface area contributed by atoms with Crippen molar-refractivity contribution in [2.45, 2.75) is 52.1 Å². The summed E-state index contributed by atoms with van der Waals surface area (Å²) in [6, 6.07) is 0. The van der Waals surface area contributed by atoms with Crippen molar-refractivity contribution in [3.63, 3.8) is 0 Å². The van der Waals surface area contributed by atoms with E-state index >= 15 is 0 Å². The Kier molecular flexibility index (Phi) is 6.28. The van der Waals surface area contributed by atoms with E-state index in [1.165, 1.54) is 0 Å². The molecule has 0 aromatic rings. The Morgan fingerprint density at radius 2 is 1.84 bits per heavy atom. The van der Waals surface area contributed by atoms with Gasteiger partial charge in [-0.15, -0.1) is 0 Å². The Morgan fingerprint density at radius 3 is 2.42 bits per heavy atom. The van der Waals surface area contributed by atoms with E-state index in [1.54, 1.807) is 0 Å². The summed E-state index contributed by atoms with van der Waals surface area (Å²) < 4.78 is 10.4. The number of hydrogen-bond donors (Lipinski definition) is 1. The summed E-state index contributed by atoms with van der Waals surface area (Å²) in [6.45, 7) is 7.68. The molecule has 0 aliphatic carbocycles. The van der Waals surface area contributed by atoms with Gasteiger partial charge in [0.25, 0.3) is 0 Å².